The molecule has 0 atom stereocenters. The normalized spacial score (nSPS) is 11.9. The number of fused-ring (bicyclic) bond motifs is 3. The van der Waals surface area contributed by atoms with Gasteiger partial charge in [0.05, 0.1) is 11.3 Å². The molecule has 1 aliphatic rings. The number of hydrogen-bond acceptors (Lipinski definition) is 4. The summed E-state index contributed by atoms with van der Waals surface area (Å²) in [4.78, 5) is 35.0. The number of aromatic carboxylic acids is 1. The summed E-state index contributed by atoms with van der Waals surface area (Å²) in [6.07, 6.45) is -0.774. The molecule has 3 N–H and O–H groups in total. The van der Waals surface area contributed by atoms with E-state index in [1.807, 2.05) is 48.5 Å². The van der Waals surface area contributed by atoms with Crippen LogP contribution in [0.5, 0.6) is 0 Å². The Morgan fingerprint density at radius 3 is 2.16 bits per heavy atom. The van der Waals surface area contributed by atoms with E-state index in [4.69, 9.17) is 9.84 Å². The molecule has 7 nitrogen and oxygen atoms in total. The number of carbonyl (C=O) groups is 3. The van der Waals surface area contributed by atoms with Gasteiger partial charge in [0.1, 0.15) is 19.0 Å². The second-order valence-corrected chi connectivity index (χ2v) is 7.23. The lowest BCUT2D eigenvalue weighted by atomic mass is 9.98. The minimum absolute atomic E-state index is 0.104. The fourth-order valence-electron chi connectivity index (χ4n) is 3.75. The van der Waals surface area contributed by atoms with Crippen LogP contribution in [-0.4, -0.2) is 36.2 Å². The third kappa shape index (κ3) is 4.29. The standard InChI is InChI=1S/C24H19FN2O5/c25-20-11-14(23(29)30)9-10-21(20)27-22(28)12-26-24(31)32-13-19-17-7-3-1-5-15(17)16-6-2-4-8-18(16)19/h1-11,19H,12-13H2,(H,26,31)(H,27,28)(H,29,30). The Balaban J connectivity index is 1.31. The average molecular weight is 434 g/mol. The van der Waals surface area contributed by atoms with E-state index in [2.05, 4.69) is 10.6 Å². The zero-order chi connectivity index (χ0) is 22.7. The molecule has 3 aromatic carbocycles. The van der Waals surface area contributed by atoms with Crippen LogP contribution < -0.4 is 10.6 Å². The van der Waals surface area contributed by atoms with Gasteiger partial charge in [-0.2, -0.15) is 0 Å². The van der Waals surface area contributed by atoms with E-state index in [1.54, 1.807) is 0 Å². The number of halogens is 1. The van der Waals surface area contributed by atoms with Crippen LogP contribution in [-0.2, 0) is 9.53 Å². The Morgan fingerprint density at radius 2 is 1.56 bits per heavy atom. The number of ether oxygens (including phenoxy) is 1. The Kier molecular flexibility index (Phi) is 5.85. The fraction of sp³-hybridized carbons (Fsp3) is 0.125. The van der Waals surface area contributed by atoms with Crippen molar-refractivity contribution in [2.45, 2.75) is 5.92 Å². The molecule has 1 aliphatic carbocycles. The molecule has 162 valence electrons. The number of hydrogen-bond donors (Lipinski definition) is 3. The van der Waals surface area contributed by atoms with Crippen molar-refractivity contribution in [3.63, 3.8) is 0 Å². The molecule has 0 aromatic heterocycles. The number of amides is 2. The fourth-order valence-corrected chi connectivity index (χ4v) is 3.75. The van der Waals surface area contributed by atoms with E-state index in [9.17, 15) is 18.8 Å². The van der Waals surface area contributed by atoms with Gasteiger partial charge in [0.2, 0.25) is 5.91 Å². The van der Waals surface area contributed by atoms with Crippen molar-refractivity contribution in [3.05, 3.63) is 89.2 Å². The molecule has 0 bridgehead atoms. The lowest BCUT2D eigenvalue weighted by molar-refractivity contribution is -0.115. The van der Waals surface area contributed by atoms with Gasteiger partial charge in [0.25, 0.3) is 0 Å². The summed E-state index contributed by atoms with van der Waals surface area (Å²) in [5.74, 6) is -2.96. The van der Waals surface area contributed by atoms with Crippen molar-refractivity contribution in [1.29, 1.82) is 0 Å². The van der Waals surface area contributed by atoms with Crippen molar-refractivity contribution in [2.24, 2.45) is 0 Å². The Bertz CT molecular complexity index is 1160. The second-order valence-electron chi connectivity index (χ2n) is 7.23. The first-order valence-corrected chi connectivity index (χ1v) is 9.85. The quantitative estimate of drug-likeness (QED) is 0.544. The first kappa shape index (κ1) is 21.0. The van der Waals surface area contributed by atoms with Gasteiger partial charge in [0.15, 0.2) is 0 Å². The molecule has 0 aliphatic heterocycles. The van der Waals surface area contributed by atoms with Gasteiger partial charge in [-0.05, 0) is 40.5 Å². The predicted molar refractivity (Wildman–Crippen MR) is 115 cm³/mol. The molecule has 0 heterocycles. The Labute approximate surface area is 182 Å². The van der Waals surface area contributed by atoms with Gasteiger partial charge in [-0.3, -0.25) is 4.79 Å². The molecule has 8 heteroatoms. The van der Waals surface area contributed by atoms with E-state index in [0.29, 0.717) is 0 Å². The molecular formula is C24H19FN2O5. The minimum atomic E-state index is -1.28. The predicted octanol–water partition coefficient (Wildman–Crippen LogP) is 4.00. The summed E-state index contributed by atoms with van der Waals surface area (Å²) in [5.41, 5.74) is 3.92. The zero-order valence-electron chi connectivity index (χ0n) is 16.8. The number of rotatable bonds is 6. The maximum Gasteiger partial charge on any atom is 0.407 e. The maximum absolute atomic E-state index is 13.9. The number of nitrogens with one attached hydrogen (secondary N) is 2. The SMILES string of the molecule is O=C(CNC(=O)OCC1c2ccccc2-c2ccccc21)Nc1ccc(C(=O)O)cc1F. The largest absolute Gasteiger partial charge is 0.478 e. The van der Waals surface area contributed by atoms with Gasteiger partial charge >= 0.3 is 12.1 Å². The molecular weight excluding hydrogens is 415 g/mol. The molecule has 0 spiro atoms. The molecule has 0 saturated heterocycles. The van der Waals surface area contributed by atoms with E-state index >= 15 is 0 Å². The van der Waals surface area contributed by atoms with Crippen LogP contribution in [0.4, 0.5) is 14.9 Å². The molecule has 3 aromatic rings. The highest BCUT2D eigenvalue weighted by atomic mass is 19.1. The molecule has 0 unspecified atom stereocenters. The number of carboxylic acids is 1. The van der Waals surface area contributed by atoms with Crippen molar-refractivity contribution in [1.82, 2.24) is 5.32 Å². The molecule has 32 heavy (non-hydrogen) atoms. The summed E-state index contributed by atoms with van der Waals surface area (Å²) in [5, 5.41) is 13.5. The number of carboxylic acid groups (broad SMARTS) is 1. The second kappa shape index (κ2) is 8.89. The Hall–Kier alpha value is -4.20. The van der Waals surface area contributed by atoms with Gasteiger partial charge in [-0.1, -0.05) is 48.5 Å². The van der Waals surface area contributed by atoms with Crippen LogP contribution in [0, 0.1) is 5.82 Å². The third-order valence-electron chi connectivity index (χ3n) is 5.23. The maximum atomic E-state index is 13.9. The van der Waals surface area contributed by atoms with Crippen LogP contribution in [0.15, 0.2) is 66.7 Å². The highest BCUT2D eigenvalue weighted by Crippen LogP contribution is 2.44. The lowest BCUT2D eigenvalue weighted by Crippen LogP contribution is -2.34. The molecule has 4 rings (SSSR count). The van der Waals surface area contributed by atoms with Gasteiger partial charge in [-0.25, -0.2) is 14.0 Å². The summed E-state index contributed by atoms with van der Waals surface area (Å²) in [7, 11) is 0. The minimum Gasteiger partial charge on any atom is -0.478 e. The van der Waals surface area contributed by atoms with Crippen LogP contribution in [0.2, 0.25) is 0 Å². The third-order valence-corrected chi connectivity index (χ3v) is 5.23. The van der Waals surface area contributed by atoms with Gasteiger partial charge < -0.3 is 20.5 Å². The van der Waals surface area contributed by atoms with E-state index in [0.717, 1.165) is 34.4 Å². The first-order valence-electron chi connectivity index (χ1n) is 9.85. The summed E-state index contributed by atoms with van der Waals surface area (Å²) in [6, 6.07) is 19.0. The smallest absolute Gasteiger partial charge is 0.407 e. The zero-order valence-corrected chi connectivity index (χ0v) is 16.8. The van der Waals surface area contributed by atoms with E-state index in [-0.39, 0.29) is 23.8 Å². The lowest BCUT2D eigenvalue weighted by Gasteiger charge is -2.14. The van der Waals surface area contributed by atoms with Crippen LogP contribution in [0.3, 0.4) is 0 Å². The van der Waals surface area contributed by atoms with Crippen molar-refractivity contribution < 1.29 is 28.6 Å². The van der Waals surface area contributed by atoms with Crippen molar-refractivity contribution in [2.75, 3.05) is 18.5 Å². The molecule has 0 fully saturated rings. The highest BCUT2D eigenvalue weighted by molar-refractivity contribution is 5.95. The average Bonchev–Trinajstić information content (AvgIpc) is 3.11. The first-order chi connectivity index (χ1) is 15.4. The van der Waals surface area contributed by atoms with Crippen molar-refractivity contribution in [3.8, 4) is 11.1 Å². The van der Waals surface area contributed by atoms with E-state index in [1.165, 1.54) is 6.07 Å². The molecule has 2 amide bonds. The van der Waals surface area contributed by atoms with Crippen molar-refractivity contribution >= 4 is 23.7 Å². The van der Waals surface area contributed by atoms with Crippen LogP contribution in [0.25, 0.3) is 11.1 Å². The number of anilines is 1. The molecule has 0 radical (unpaired) electrons. The van der Waals surface area contributed by atoms with Crippen LogP contribution in [0.1, 0.15) is 27.4 Å². The summed E-state index contributed by atoms with van der Waals surface area (Å²) in [6.45, 7) is -0.330. The summed E-state index contributed by atoms with van der Waals surface area (Å²) >= 11 is 0. The topological polar surface area (TPSA) is 105 Å². The molecule has 0 saturated carbocycles. The summed E-state index contributed by atoms with van der Waals surface area (Å²) < 4.78 is 19.3. The van der Waals surface area contributed by atoms with E-state index < -0.39 is 30.3 Å². The van der Waals surface area contributed by atoms with Gasteiger partial charge in [-0.15, -0.1) is 0 Å². The number of alkyl carbamates (subject to hydrolysis) is 1. The Morgan fingerprint density at radius 1 is 0.938 bits per heavy atom. The monoisotopic (exact) mass is 434 g/mol. The number of carbonyl (C=O) groups excluding carboxylic acids is 2. The van der Waals surface area contributed by atoms with Gasteiger partial charge in [0, 0.05) is 5.92 Å². The number of benzene rings is 3. The van der Waals surface area contributed by atoms with Crippen LogP contribution >= 0.6 is 0 Å². The highest BCUT2D eigenvalue weighted by Gasteiger charge is 2.29.